The number of urea groups is 1. The highest BCUT2D eigenvalue weighted by atomic mass is 16.2. The van der Waals surface area contributed by atoms with E-state index in [4.69, 9.17) is 5.73 Å². The third-order valence-corrected chi connectivity index (χ3v) is 5.03. The predicted octanol–water partition coefficient (Wildman–Crippen LogP) is 1.44. The van der Waals surface area contributed by atoms with Crippen LogP contribution in [0.1, 0.15) is 28.6 Å². The van der Waals surface area contributed by atoms with Crippen molar-refractivity contribution in [1.29, 1.82) is 0 Å². The third kappa shape index (κ3) is 4.52. The minimum atomic E-state index is -0.854. The van der Waals surface area contributed by atoms with Gasteiger partial charge in [0.05, 0.1) is 29.7 Å². The lowest BCUT2D eigenvalue weighted by Crippen LogP contribution is -3.09. The lowest BCUT2D eigenvalue weighted by molar-refractivity contribution is -0.916. The van der Waals surface area contributed by atoms with Crippen LogP contribution in [0.3, 0.4) is 0 Å². The standard InChI is InChI=1S/C22H25N5O2/c1-15-19(16(2)27(25-15)18-12-8-5-9-13-18)14-26(3)20(21(28)24-22(23)29)17-10-6-4-7-11-17/h4-13,20H,14H2,1-3H3,(H3,23,24,28,29)/p+1/t20-/m0/s1. The molecule has 150 valence electrons. The Kier molecular flexibility index (Phi) is 6.09. The van der Waals surface area contributed by atoms with Crippen LogP contribution in [0.4, 0.5) is 4.79 Å². The number of aromatic nitrogens is 2. The van der Waals surface area contributed by atoms with Gasteiger partial charge in [-0.25, -0.2) is 9.48 Å². The zero-order valence-corrected chi connectivity index (χ0v) is 16.8. The summed E-state index contributed by atoms with van der Waals surface area (Å²) in [6, 6.07) is 17.9. The van der Waals surface area contributed by atoms with Gasteiger partial charge in [0.2, 0.25) is 0 Å². The number of rotatable bonds is 6. The van der Waals surface area contributed by atoms with Crippen molar-refractivity contribution in [2.24, 2.45) is 5.73 Å². The first-order valence-electron chi connectivity index (χ1n) is 9.46. The van der Waals surface area contributed by atoms with Gasteiger partial charge in [-0.15, -0.1) is 0 Å². The Morgan fingerprint density at radius 1 is 1.07 bits per heavy atom. The number of likely N-dealkylation sites (N-methyl/N-ethyl adjacent to an activating group) is 1. The second-order valence-corrected chi connectivity index (χ2v) is 7.12. The van der Waals surface area contributed by atoms with E-state index in [1.165, 1.54) is 0 Å². The fourth-order valence-corrected chi connectivity index (χ4v) is 3.63. The highest BCUT2D eigenvalue weighted by molar-refractivity contribution is 5.96. The quantitative estimate of drug-likeness (QED) is 0.592. The zero-order chi connectivity index (χ0) is 21.0. The van der Waals surface area contributed by atoms with Gasteiger partial charge in [-0.3, -0.25) is 10.1 Å². The predicted molar refractivity (Wildman–Crippen MR) is 111 cm³/mol. The molecule has 29 heavy (non-hydrogen) atoms. The zero-order valence-electron chi connectivity index (χ0n) is 16.8. The van der Waals surface area contributed by atoms with E-state index >= 15 is 0 Å². The summed E-state index contributed by atoms with van der Waals surface area (Å²) in [7, 11) is 1.93. The molecule has 0 radical (unpaired) electrons. The fraction of sp³-hybridized carbons (Fsp3) is 0.227. The lowest BCUT2D eigenvalue weighted by Gasteiger charge is -2.24. The van der Waals surface area contributed by atoms with Crippen molar-refractivity contribution in [3.63, 3.8) is 0 Å². The number of hydrogen-bond acceptors (Lipinski definition) is 3. The molecule has 0 bridgehead atoms. The number of primary amides is 1. The van der Waals surface area contributed by atoms with E-state index in [1.807, 2.05) is 86.2 Å². The molecule has 0 aliphatic heterocycles. The molecule has 0 fully saturated rings. The summed E-state index contributed by atoms with van der Waals surface area (Å²) < 4.78 is 1.92. The molecule has 2 aromatic carbocycles. The van der Waals surface area contributed by atoms with Crippen LogP contribution >= 0.6 is 0 Å². The molecule has 0 spiro atoms. The highest BCUT2D eigenvalue weighted by Crippen LogP contribution is 2.18. The molecule has 0 aliphatic rings. The Bertz CT molecular complexity index is 999. The summed E-state index contributed by atoms with van der Waals surface area (Å²) in [6.45, 7) is 4.56. The summed E-state index contributed by atoms with van der Waals surface area (Å²) in [6.07, 6.45) is 0. The largest absolute Gasteiger partial charge is 0.351 e. The molecular formula is C22H26N5O2+. The van der Waals surface area contributed by atoms with Gasteiger partial charge in [0.1, 0.15) is 6.54 Å². The number of nitrogens with zero attached hydrogens (tertiary/aromatic N) is 2. The molecule has 0 aliphatic carbocycles. The molecule has 3 amide bonds. The van der Waals surface area contributed by atoms with Crippen LogP contribution in [0.25, 0.3) is 5.69 Å². The van der Waals surface area contributed by atoms with Gasteiger partial charge in [0, 0.05) is 5.56 Å². The molecule has 0 saturated carbocycles. The van der Waals surface area contributed by atoms with Crippen LogP contribution in [-0.4, -0.2) is 28.8 Å². The maximum absolute atomic E-state index is 12.7. The molecule has 3 aromatic rings. The van der Waals surface area contributed by atoms with E-state index < -0.39 is 18.0 Å². The van der Waals surface area contributed by atoms with E-state index in [0.717, 1.165) is 33.1 Å². The van der Waals surface area contributed by atoms with Gasteiger partial charge in [0.25, 0.3) is 5.91 Å². The SMILES string of the molecule is Cc1nn(-c2ccccc2)c(C)c1C[NH+](C)[C@H](C(=O)NC(N)=O)c1ccccc1. The number of benzene rings is 2. The number of carbonyl (C=O) groups is 2. The van der Waals surface area contributed by atoms with Crippen LogP contribution < -0.4 is 16.0 Å². The minimum absolute atomic E-state index is 0.424. The Morgan fingerprint density at radius 3 is 2.24 bits per heavy atom. The van der Waals surface area contributed by atoms with Crippen LogP contribution in [0.15, 0.2) is 60.7 Å². The van der Waals surface area contributed by atoms with Crippen molar-refractivity contribution in [2.45, 2.75) is 26.4 Å². The number of amides is 3. The van der Waals surface area contributed by atoms with Gasteiger partial charge in [0.15, 0.2) is 6.04 Å². The number of nitrogens with two attached hydrogens (primary N) is 1. The summed E-state index contributed by atoms with van der Waals surface area (Å²) in [4.78, 5) is 24.9. The first-order chi connectivity index (χ1) is 13.9. The molecule has 4 N–H and O–H groups in total. The van der Waals surface area contributed by atoms with E-state index in [2.05, 4.69) is 10.4 Å². The second kappa shape index (κ2) is 8.70. The van der Waals surface area contributed by atoms with Crippen LogP contribution in [0.2, 0.25) is 0 Å². The Labute approximate surface area is 170 Å². The van der Waals surface area contributed by atoms with Crippen LogP contribution in [0.5, 0.6) is 0 Å². The van der Waals surface area contributed by atoms with Crippen LogP contribution in [-0.2, 0) is 11.3 Å². The Balaban J connectivity index is 1.92. The normalized spacial score (nSPS) is 12.9. The molecule has 7 heteroatoms. The van der Waals surface area contributed by atoms with Crippen molar-refractivity contribution in [2.75, 3.05) is 7.05 Å². The summed E-state index contributed by atoms with van der Waals surface area (Å²) in [5.74, 6) is -0.424. The van der Waals surface area contributed by atoms with Crippen LogP contribution in [0, 0.1) is 13.8 Å². The molecule has 3 rings (SSSR count). The average Bonchev–Trinajstić information content (AvgIpc) is 2.97. The first-order valence-corrected chi connectivity index (χ1v) is 9.46. The van der Waals surface area contributed by atoms with E-state index in [0.29, 0.717) is 6.54 Å². The van der Waals surface area contributed by atoms with Crippen molar-refractivity contribution in [3.8, 4) is 5.69 Å². The molecule has 7 nitrogen and oxygen atoms in total. The maximum atomic E-state index is 12.7. The van der Waals surface area contributed by atoms with Gasteiger partial charge in [-0.05, 0) is 26.0 Å². The van der Waals surface area contributed by atoms with E-state index in [9.17, 15) is 9.59 Å². The number of quaternary nitrogens is 1. The minimum Gasteiger partial charge on any atom is -0.351 e. The Hall–Kier alpha value is -3.45. The van der Waals surface area contributed by atoms with Crippen molar-refractivity contribution >= 4 is 11.9 Å². The molecule has 1 aromatic heterocycles. The van der Waals surface area contributed by atoms with Crippen molar-refractivity contribution in [3.05, 3.63) is 83.2 Å². The lowest BCUT2D eigenvalue weighted by atomic mass is 10.0. The summed E-state index contributed by atoms with van der Waals surface area (Å²) in [5, 5.41) is 6.91. The molecule has 2 atom stereocenters. The number of imide groups is 1. The van der Waals surface area contributed by atoms with Crippen molar-refractivity contribution < 1.29 is 14.5 Å². The molecule has 1 heterocycles. The van der Waals surface area contributed by atoms with Gasteiger partial charge >= 0.3 is 6.03 Å². The second-order valence-electron chi connectivity index (χ2n) is 7.12. The van der Waals surface area contributed by atoms with Crippen molar-refractivity contribution in [1.82, 2.24) is 15.1 Å². The average molecular weight is 392 g/mol. The number of nitrogens with one attached hydrogen (secondary N) is 2. The first kappa shape index (κ1) is 20.3. The highest BCUT2D eigenvalue weighted by Gasteiger charge is 2.31. The van der Waals surface area contributed by atoms with Gasteiger partial charge < -0.3 is 10.6 Å². The molecular weight excluding hydrogens is 366 g/mol. The smallest absolute Gasteiger partial charge is 0.319 e. The maximum Gasteiger partial charge on any atom is 0.319 e. The summed E-state index contributed by atoms with van der Waals surface area (Å²) in [5.41, 5.74) is 9.99. The van der Waals surface area contributed by atoms with Gasteiger partial charge in [-0.2, -0.15) is 5.10 Å². The van der Waals surface area contributed by atoms with Gasteiger partial charge in [-0.1, -0.05) is 48.5 Å². The number of aryl methyl sites for hydroxylation is 1. The van der Waals surface area contributed by atoms with E-state index in [1.54, 1.807) is 0 Å². The topological polar surface area (TPSA) is 94.4 Å². The number of hydrogen-bond donors (Lipinski definition) is 3. The summed E-state index contributed by atoms with van der Waals surface area (Å²) >= 11 is 0. The van der Waals surface area contributed by atoms with E-state index in [-0.39, 0.29) is 0 Å². The monoisotopic (exact) mass is 392 g/mol. The third-order valence-electron chi connectivity index (χ3n) is 5.03. The molecule has 1 unspecified atom stereocenters. The molecule has 0 saturated heterocycles. The number of carbonyl (C=O) groups excluding carboxylic acids is 2. The number of para-hydroxylation sites is 1. The fourth-order valence-electron chi connectivity index (χ4n) is 3.63. The Morgan fingerprint density at radius 2 is 1.66 bits per heavy atom.